The molecule has 0 aliphatic carbocycles. The van der Waals surface area contributed by atoms with E-state index in [4.69, 9.17) is 0 Å². The predicted molar refractivity (Wildman–Crippen MR) is 117 cm³/mol. The SMILES string of the molecule is CNC1(C)CN(C)c2cccc(Nc3ccc(N4CCC(C(F)(F)F)CC4)cc3)c21. The number of benzene rings is 2. The quantitative estimate of drug-likeness (QED) is 0.724. The van der Waals surface area contributed by atoms with Crippen LogP contribution >= 0.6 is 0 Å². The Morgan fingerprint density at radius 2 is 1.70 bits per heavy atom. The molecule has 1 saturated heterocycles. The van der Waals surface area contributed by atoms with E-state index in [9.17, 15) is 13.2 Å². The molecule has 0 radical (unpaired) electrons. The lowest BCUT2D eigenvalue weighted by Crippen LogP contribution is -2.40. The Hall–Kier alpha value is -2.41. The minimum absolute atomic E-state index is 0.142. The van der Waals surface area contributed by atoms with Gasteiger partial charge in [0.2, 0.25) is 0 Å². The maximum Gasteiger partial charge on any atom is 0.391 e. The lowest BCUT2D eigenvalue weighted by molar-refractivity contribution is -0.179. The number of halogens is 3. The van der Waals surface area contributed by atoms with Crippen LogP contribution in [0.4, 0.5) is 35.9 Å². The van der Waals surface area contributed by atoms with E-state index >= 15 is 0 Å². The van der Waals surface area contributed by atoms with E-state index in [1.807, 2.05) is 36.2 Å². The Kier molecular flexibility index (Phi) is 5.34. The Balaban J connectivity index is 1.48. The first kappa shape index (κ1) is 20.8. The fraction of sp³-hybridized carbons (Fsp3) is 0.478. The van der Waals surface area contributed by atoms with E-state index in [1.54, 1.807) is 0 Å². The molecule has 0 spiro atoms. The molecular weight excluding hydrogens is 389 g/mol. The van der Waals surface area contributed by atoms with E-state index < -0.39 is 12.1 Å². The molecule has 0 aromatic heterocycles. The maximum atomic E-state index is 12.9. The molecule has 2 aliphatic rings. The zero-order valence-electron chi connectivity index (χ0n) is 17.7. The number of rotatable bonds is 4. The van der Waals surface area contributed by atoms with Crippen LogP contribution in [0.2, 0.25) is 0 Å². The summed E-state index contributed by atoms with van der Waals surface area (Å²) in [6.45, 7) is 3.98. The van der Waals surface area contributed by atoms with Gasteiger partial charge in [0.05, 0.1) is 11.5 Å². The largest absolute Gasteiger partial charge is 0.391 e. The molecule has 7 heteroatoms. The average molecular weight is 419 g/mol. The number of hydrogen-bond acceptors (Lipinski definition) is 4. The molecule has 1 atom stereocenters. The van der Waals surface area contributed by atoms with Crippen LogP contribution in [-0.2, 0) is 5.54 Å². The highest BCUT2D eigenvalue weighted by atomic mass is 19.4. The van der Waals surface area contributed by atoms with Gasteiger partial charge in [0, 0.05) is 55.0 Å². The molecule has 2 heterocycles. The Labute approximate surface area is 176 Å². The van der Waals surface area contributed by atoms with Crippen LogP contribution in [0, 0.1) is 5.92 Å². The summed E-state index contributed by atoms with van der Waals surface area (Å²) in [5.41, 5.74) is 5.31. The summed E-state index contributed by atoms with van der Waals surface area (Å²) in [7, 11) is 4.08. The van der Waals surface area contributed by atoms with E-state index in [1.165, 1.54) is 11.3 Å². The summed E-state index contributed by atoms with van der Waals surface area (Å²) in [6.07, 6.45) is -3.75. The number of nitrogens with zero attached hydrogens (tertiary/aromatic N) is 2. The molecule has 2 aromatic carbocycles. The van der Waals surface area contributed by atoms with E-state index in [0.717, 1.165) is 23.6 Å². The topological polar surface area (TPSA) is 30.5 Å². The van der Waals surface area contributed by atoms with Crippen LogP contribution in [-0.4, -0.2) is 39.9 Å². The van der Waals surface area contributed by atoms with Crippen LogP contribution < -0.4 is 20.4 Å². The second-order valence-corrected chi connectivity index (χ2v) is 8.61. The highest BCUT2D eigenvalue weighted by Gasteiger charge is 2.41. The molecular formula is C23H29F3N4. The first-order chi connectivity index (χ1) is 14.2. The number of likely N-dealkylation sites (N-methyl/N-ethyl adjacent to an activating group) is 2. The van der Waals surface area contributed by atoms with Crippen molar-refractivity contribution < 1.29 is 13.2 Å². The molecule has 2 aromatic rings. The first-order valence-corrected chi connectivity index (χ1v) is 10.4. The van der Waals surface area contributed by atoms with Crippen molar-refractivity contribution in [1.82, 2.24) is 5.32 Å². The van der Waals surface area contributed by atoms with Crippen LogP contribution in [0.15, 0.2) is 42.5 Å². The highest BCUT2D eigenvalue weighted by molar-refractivity contribution is 5.76. The molecule has 2 aliphatic heterocycles. The molecule has 162 valence electrons. The molecule has 4 nitrogen and oxygen atoms in total. The number of hydrogen-bond donors (Lipinski definition) is 2. The van der Waals surface area contributed by atoms with Crippen LogP contribution in [0.5, 0.6) is 0 Å². The number of piperidine rings is 1. The Morgan fingerprint density at radius 3 is 2.30 bits per heavy atom. The Bertz CT molecular complexity index is 888. The van der Waals surface area contributed by atoms with Crippen LogP contribution in [0.3, 0.4) is 0 Å². The van der Waals surface area contributed by atoms with Gasteiger partial charge >= 0.3 is 6.18 Å². The minimum Gasteiger partial charge on any atom is -0.372 e. The smallest absolute Gasteiger partial charge is 0.372 e. The van der Waals surface area contributed by atoms with Crippen molar-refractivity contribution in [3.8, 4) is 0 Å². The fourth-order valence-electron chi connectivity index (χ4n) is 4.76. The van der Waals surface area contributed by atoms with Gasteiger partial charge < -0.3 is 20.4 Å². The maximum absolute atomic E-state index is 12.9. The number of alkyl halides is 3. The molecule has 1 unspecified atom stereocenters. The predicted octanol–water partition coefficient (Wildman–Crippen LogP) is 5.09. The zero-order valence-corrected chi connectivity index (χ0v) is 17.7. The summed E-state index contributed by atoms with van der Waals surface area (Å²) >= 11 is 0. The Morgan fingerprint density at radius 1 is 1.03 bits per heavy atom. The van der Waals surface area contributed by atoms with E-state index in [-0.39, 0.29) is 18.4 Å². The first-order valence-electron chi connectivity index (χ1n) is 10.4. The zero-order chi connectivity index (χ0) is 21.5. The van der Waals surface area contributed by atoms with Gasteiger partial charge in [-0.2, -0.15) is 13.2 Å². The lowest BCUT2D eigenvalue weighted by atomic mass is 9.92. The third-order valence-electron chi connectivity index (χ3n) is 6.58. The van der Waals surface area contributed by atoms with Gasteiger partial charge in [0.25, 0.3) is 0 Å². The second kappa shape index (κ2) is 7.69. The molecule has 30 heavy (non-hydrogen) atoms. The minimum atomic E-state index is -4.08. The van der Waals surface area contributed by atoms with Crippen molar-refractivity contribution in [2.75, 3.05) is 48.8 Å². The second-order valence-electron chi connectivity index (χ2n) is 8.61. The molecule has 0 bridgehead atoms. The van der Waals surface area contributed by atoms with Gasteiger partial charge in [0.15, 0.2) is 0 Å². The van der Waals surface area contributed by atoms with Crippen molar-refractivity contribution in [3.63, 3.8) is 0 Å². The van der Waals surface area contributed by atoms with Crippen molar-refractivity contribution >= 4 is 22.7 Å². The van der Waals surface area contributed by atoms with Crippen molar-refractivity contribution in [1.29, 1.82) is 0 Å². The summed E-state index contributed by atoms with van der Waals surface area (Å²) in [4.78, 5) is 4.30. The summed E-state index contributed by atoms with van der Waals surface area (Å²) in [5, 5.41) is 6.99. The average Bonchev–Trinajstić information content (AvgIpc) is 3.00. The standard InChI is InChI=1S/C23H29F3N4/c1-22(27-2)15-29(3)20-6-4-5-19(21(20)22)28-17-7-9-18(10-8-17)30-13-11-16(12-14-30)23(24,25)26/h4-10,16,27-28H,11-15H2,1-3H3. The van der Waals surface area contributed by atoms with Crippen LogP contribution in [0.25, 0.3) is 0 Å². The van der Waals surface area contributed by atoms with Crippen LogP contribution in [0.1, 0.15) is 25.3 Å². The number of fused-ring (bicyclic) bond motifs is 1. The monoisotopic (exact) mass is 418 g/mol. The number of nitrogens with one attached hydrogen (secondary N) is 2. The molecule has 4 rings (SSSR count). The third kappa shape index (κ3) is 3.83. The van der Waals surface area contributed by atoms with Crippen molar-refractivity contribution in [2.45, 2.75) is 31.5 Å². The van der Waals surface area contributed by atoms with Crippen molar-refractivity contribution in [2.24, 2.45) is 5.92 Å². The summed E-state index contributed by atoms with van der Waals surface area (Å²) in [5.74, 6) is -1.17. The fourth-order valence-corrected chi connectivity index (χ4v) is 4.76. The van der Waals surface area contributed by atoms with Gasteiger partial charge in [-0.25, -0.2) is 0 Å². The van der Waals surface area contributed by atoms with Gasteiger partial charge in [-0.1, -0.05) is 6.07 Å². The van der Waals surface area contributed by atoms with E-state index in [0.29, 0.717) is 13.1 Å². The van der Waals surface area contributed by atoms with Gasteiger partial charge in [0.1, 0.15) is 0 Å². The van der Waals surface area contributed by atoms with Crippen molar-refractivity contribution in [3.05, 3.63) is 48.0 Å². The van der Waals surface area contributed by atoms with Gasteiger partial charge in [-0.05, 0) is 63.2 Å². The third-order valence-corrected chi connectivity index (χ3v) is 6.58. The number of anilines is 4. The molecule has 0 amide bonds. The summed E-state index contributed by atoms with van der Waals surface area (Å²) < 4.78 is 38.7. The van der Waals surface area contributed by atoms with Gasteiger partial charge in [-0.3, -0.25) is 0 Å². The molecule has 0 saturated carbocycles. The molecule has 1 fully saturated rings. The highest BCUT2D eigenvalue weighted by Crippen LogP contribution is 2.43. The summed E-state index contributed by atoms with van der Waals surface area (Å²) in [6, 6.07) is 14.3. The lowest BCUT2D eigenvalue weighted by Gasteiger charge is -2.34. The molecule has 2 N–H and O–H groups in total. The van der Waals surface area contributed by atoms with E-state index in [2.05, 4.69) is 47.7 Å². The normalized spacial score (nSPS) is 22.3. The van der Waals surface area contributed by atoms with Gasteiger partial charge in [-0.15, -0.1) is 0 Å².